The number of carbonyl (C=O) groups excluding carboxylic acids is 1. The molecule has 14 heavy (non-hydrogen) atoms. The topological polar surface area (TPSA) is 66.4 Å². The van der Waals surface area contributed by atoms with E-state index in [0.717, 1.165) is 0 Å². The molecule has 0 radical (unpaired) electrons. The maximum absolute atomic E-state index is 11.3. The Balaban J connectivity index is 2.70. The van der Waals surface area contributed by atoms with E-state index in [2.05, 4.69) is 5.32 Å². The molecule has 1 amide bonds. The Hall–Kier alpha value is -1.55. The summed E-state index contributed by atoms with van der Waals surface area (Å²) in [6.45, 7) is -0.413. The quantitative estimate of drug-likeness (QED) is 0.792. The predicted molar refractivity (Wildman–Crippen MR) is 51.4 cm³/mol. The highest BCUT2D eigenvalue weighted by molar-refractivity contribution is 6.33. The molecule has 0 aliphatic carbocycles. The second-order valence-corrected chi connectivity index (χ2v) is 2.96. The molecule has 0 saturated carbocycles. The van der Waals surface area contributed by atoms with E-state index in [1.54, 1.807) is 18.2 Å². The van der Waals surface area contributed by atoms with Crippen molar-refractivity contribution in [1.82, 2.24) is 5.32 Å². The van der Waals surface area contributed by atoms with E-state index in [-0.39, 0.29) is 5.56 Å². The Morgan fingerprint density at radius 1 is 1.36 bits per heavy atom. The number of hydrogen-bond donors (Lipinski definition) is 2. The van der Waals surface area contributed by atoms with Crippen molar-refractivity contribution in [3.8, 4) is 0 Å². The Morgan fingerprint density at radius 3 is 2.57 bits per heavy atom. The maximum Gasteiger partial charge on any atom is 0.322 e. The van der Waals surface area contributed by atoms with Crippen molar-refractivity contribution in [1.29, 1.82) is 0 Å². The van der Waals surface area contributed by atoms with Crippen molar-refractivity contribution >= 4 is 23.5 Å². The van der Waals surface area contributed by atoms with Gasteiger partial charge in [-0.05, 0) is 12.1 Å². The van der Waals surface area contributed by atoms with E-state index in [4.69, 9.17) is 16.7 Å². The molecule has 0 spiro atoms. The molecule has 0 heterocycles. The molecule has 74 valence electrons. The smallest absolute Gasteiger partial charge is 0.322 e. The summed E-state index contributed by atoms with van der Waals surface area (Å²) in [7, 11) is 0. The Kier molecular flexibility index (Phi) is 3.48. The second kappa shape index (κ2) is 4.62. The zero-order valence-electron chi connectivity index (χ0n) is 7.16. The van der Waals surface area contributed by atoms with Crippen LogP contribution in [0.2, 0.25) is 5.02 Å². The summed E-state index contributed by atoms with van der Waals surface area (Å²) in [6.07, 6.45) is 0. The first kappa shape index (κ1) is 10.5. The summed E-state index contributed by atoms with van der Waals surface area (Å²) in [5.74, 6) is -1.58. The van der Waals surface area contributed by atoms with Gasteiger partial charge < -0.3 is 10.4 Å². The van der Waals surface area contributed by atoms with Crippen LogP contribution >= 0.6 is 11.6 Å². The van der Waals surface area contributed by atoms with Crippen molar-refractivity contribution in [2.75, 3.05) is 6.54 Å². The van der Waals surface area contributed by atoms with E-state index in [1.165, 1.54) is 6.07 Å². The lowest BCUT2D eigenvalue weighted by Gasteiger charge is -2.03. The van der Waals surface area contributed by atoms with E-state index in [1.807, 2.05) is 0 Å². The summed E-state index contributed by atoms with van der Waals surface area (Å²) >= 11 is 5.73. The van der Waals surface area contributed by atoms with Crippen LogP contribution in [-0.2, 0) is 4.79 Å². The Labute approximate surface area is 85.5 Å². The van der Waals surface area contributed by atoms with Crippen LogP contribution in [0.4, 0.5) is 0 Å². The third-order valence-electron chi connectivity index (χ3n) is 1.52. The number of carboxylic acid groups (broad SMARTS) is 1. The summed E-state index contributed by atoms with van der Waals surface area (Å²) in [4.78, 5) is 21.5. The lowest BCUT2D eigenvalue weighted by molar-refractivity contribution is -0.135. The molecule has 0 bridgehead atoms. The second-order valence-electron chi connectivity index (χ2n) is 2.56. The van der Waals surface area contributed by atoms with Gasteiger partial charge in [-0.1, -0.05) is 23.7 Å². The number of carboxylic acids is 1. The molecule has 4 nitrogen and oxygen atoms in total. The van der Waals surface area contributed by atoms with Crippen LogP contribution in [0.25, 0.3) is 0 Å². The van der Waals surface area contributed by atoms with Crippen LogP contribution in [-0.4, -0.2) is 23.5 Å². The van der Waals surface area contributed by atoms with E-state index < -0.39 is 18.4 Å². The van der Waals surface area contributed by atoms with Crippen LogP contribution in [0.3, 0.4) is 0 Å². The van der Waals surface area contributed by atoms with Crippen molar-refractivity contribution in [2.45, 2.75) is 0 Å². The minimum Gasteiger partial charge on any atom is -0.480 e. The minimum absolute atomic E-state index is 0.274. The molecular weight excluding hydrogens is 206 g/mol. The number of hydrogen-bond acceptors (Lipinski definition) is 2. The number of nitrogens with one attached hydrogen (secondary N) is 1. The predicted octanol–water partition coefficient (Wildman–Crippen LogP) is 1.15. The number of rotatable bonds is 3. The molecular formula is C9H8ClNO3. The fraction of sp³-hybridized carbons (Fsp3) is 0.111. The van der Waals surface area contributed by atoms with Gasteiger partial charge >= 0.3 is 5.97 Å². The highest BCUT2D eigenvalue weighted by Crippen LogP contribution is 2.14. The first-order valence-electron chi connectivity index (χ1n) is 3.86. The zero-order valence-corrected chi connectivity index (χ0v) is 7.91. The first-order chi connectivity index (χ1) is 6.61. The zero-order chi connectivity index (χ0) is 10.6. The van der Waals surface area contributed by atoms with Gasteiger partial charge in [-0.2, -0.15) is 0 Å². The minimum atomic E-state index is -1.09. The molecule has 0 aromatic heterocycles. The molecule has 1 rings (SSSR count). The summed E-state index contributed by atoms with van der Waals surface area (Å²) in [6, 6.07) is 6.44. The van der Waals surface area contributed by atoms with Gasteiger partial charge in [0.15, 0.2) is 0 Å². The number of aliphatic carboxylic acids is 1. The molecule has 0 unspecified atom stereocenters. The highest BCUT2D eigenvalue weighted by atomic mass is 35.5. The van der Waals surface area contributed by atoms with Crippen LogP contribution in [0.1, 0.15) is 10.4 Å². The van der Waals surface area contributed by atoms with Crippen LogP contribution < -0.4 is 5.32 Å². The Bertz CT molecular complexity index is 365. The van der Waals surface area contributed by atoms with Crippen LogP contribution in [0, 0.1) is 0 Å². The molecule has 0 saturated heterocycles. The molecule has 0 fully saturated rings. The highest BCUT2D eigenvalue weighted by Gasteiger charge is 2.09. The standard InChI is InChI=1S/C9H8ClNO3/c10-7-4-2-1-3-6(7)9(14)11-5-8(12)13/h1-4H,5H2,(H,11,14)(H,12,13). The summed E-state index contributed by atoms with van der Waals surface area (Å²) in [5.41, 5.74) is 0.274. The van der Waals surface area contributed by atoms with E-state index in [0.29, 0.717) is 5.02 Å². The van der Waals surface area contributed by atoms with Crippen LogP contribution in [0.5, 0.6) is 0 Å². The monoisotopic (exact) mass is 213 g/mol. The van der Waals surface area contributed by atoms with Gasteiger partial charge in [0.05, 0.1) is 10.6 Å². The van der Waals surface area contributed by atoms with E-state index in [9.17, 15) is 9.59 Å². The summed E-state index contributed by atoms with van der Waals surface area (Å²) < 4.78 is 0. The lowest BCUT2D eigenvalue weighted by atomic mass is 10.2. The van der Waals surface area contributed by atoms with Gasteiger partial charge in [-0.25, -0.2) is 0 Å². The SMILES string of the molecule is O=C(O)CNC(=O)c1ccccc1Cl. The molecule has 1 aromatic rings. The first-order valence-corrected chi connectivity index (χ1v) is 4.23. The molecule has 0 aliphatic heterocycles. The third-order valence-corrected chi connectivity index (χ3v) is 1.85. The van der Waals surface area contributed by atoms with Gasteiger partial charge in [0.25, 0.3) is 5.91 Å². The fourth-order valence-corrected chi connectivity index (χ4v) is 1.12. The average Bonchev–Trinajstić information content (AvgIpc) is 2.15. The van der Waals surface area contributed by atoms with Crippen molar-refractivity contribution in [3.63, 3.8) is 0 Å². The molecule has 0 aliphatic rings. The normalized spacial score (nSPS) is 9.50. The van der Waals surface area contributed by atoms with Crippen molar-refractivity contribution in [3.05, 3.63) is 34.9 Å². The van der Waals surface area contributed by atoms with E-state index >= 15 is 0 Å². The van der Waals surface area contributed by atoms with Gasteiger partial charge in [-0.15, -0.1) is 0 Å². The third kappa shape index (κ3) is 2.74. The molecule has 5 heteroatoms. The van der Waals surface area contributed by atoms with Gasteiger partial charge in [0, 0.05) is 0 Å². The number of amides is 1. The number of carbonyl (C=O) groups is 2. The van der Waals surface area contributed by atoms with Crippen molar-refractivity contribution in [2.24, 2.45) is 0 Å². The van der Waals surface area contributed by atoms with Crippen LogP contribution in [0.15, 0.2) is 24.3 Å². The Morgan fingerprint density at radius 2 is 2.00 bits per heavy atom. The summed E-state index contributed by atoms with van der Waals surface area (Å²) in [5, 5.41) is 10.8. The molecule has 0 atom stereocenters. The molecule has 1 aromatic carbocycles. The average molecular weight is 214 g/mol. The number of halogens is 1. The fourth-order valence-electron chi connectivity index (χ4n) is 0.896. The van der Waals surface area contributed by atoms with Gasteiger partial charge in [-0.3, -0.25) is 9.59 Å². The number of benzene rings is 1. The largest absolute Gasteiger partial charge is 0.480 e. The molecule has 2 N–H and O–H groups in total. The lowest BCUT2D eigenvalue weighted by Crippen LogP contribution is -2.29. The van der Waals surface area contributed by atoms with Gasteiger partial charge in [0.2, 0.25) is 0 Å². The van der Waals surface area contributed by atoms with Gasteiger partial charge in [0.1, 0.15) is 6.54 Å². The van der Waals surface area contributed by atoms with Crippen molar-refractivity contribution < 1.29 is 14.7 Å². The maximum atomic E-state index is 11.3.